The number of rotatable bonds is 9. The zero-order chi connectivity index (χ0) is 16.5. The molecule has 0 aliphatic rings. The third kappa shape index (κ3) is 5.99. The Kier molecular flexibility index (Phi) is 7.01. The van der Waals surface area contributed by atoms with Crippen LogP contribution in [0.15, 0.2) is 59.5 Å². The van der Waals surface area contributed by atoms with Gasteiger partial charge in [-0.3, -0.25) is 4.79 Å². The van der Waals surface area contributed by atoms with Gasteiger partial charge in [0.1, 0.15) is 5.75 Å². The predicted molar refractivity (Wildman–Crippen MR) is 94.2 cm³/mol. The summed E-state index contributed by atoms with van der Waals surface area (Å²) in [4.78, 5) is 12.5. The molecule has 0 aromatic heterocycles. The first kappa shape index (κ1) is 17.4. The van der Waals surface area contributed by atoms with E-state index in [1.165, 1.54) is 5.56 Å². The summed E-state index contributed by atoms with van der Waals surface area (Å²) >= 11 is 1.57. The zero-order valence-corrected chi connectivity index (χ0v) is 14.1. The average Bonchev–Trinajstić information content (AvgIpc) is 2.58. The second-order valence-corrected chi connectivity index (χ2v) is 6.50. The molecule has 0 aliphatic heterocycles. The van der Waals surface area contributed by atoms with Crippen LogP contribution in [0.1, 0.15) is 18.4 Å². The highest BCUT2D eigenvalue weighted by Gasteiger charge is 2.17. The number of thioether (sulfide) groups is 1. The molecule has 4 heteroatoms. The lowest BCUT2D eigenvalue weighted by Crippen LogP contribution is -2.16. The van der Waals surface area contributed by atoms with Crippen molar-refractivity contribution in [2.45, 2.75) is 24.2 Å². The monoisotopic (exact) mass is 330 g/mol. The number of hydrogen-bond acceptors (Lipinski definition) is 3. The summed E-state index contributed by atoms with van der Waals surface area (Å²) in [6.07, 6.45) is 2.51. The van der Waals surface area contributed by atoms with Crippen LogP contribution >= 0.6 is 11.8 Å². The molecule has 3 nitrogen and oxygen atoms in total. The van der Waals surface area contributed by atoms with Gasteiger partial charge in [0.2, 0.25) is 0 Å². The molecule has 0 heterocycles. The standard InChI is InChI=1S/C19H22O3S/c1-22-17-11-6-12-18(13-17)23-14-16(19(20)21)10-5-9-15-7-3-2-4-8-15/h2-4,6-8,11-13,16H,5,9-10,14H2,1H3,(H,20,21). The van der Waals surface area contributed by atoms with Crippen LogP contribution in [0.25, 0.3) is 0 Å². The number of aliphatic carboxylic acids is 1. The van der Waals surface area contributed by atoms with Crippen molar-refractivity contribution >= 4 is 17.7 Å². The molecule has 0 bridgehead atoms. The van der Waals surface area contributed by atoms with Gasteiger partial charge in [-0.1, -0.05) is 36.4 Å². The SMILES string of the molecule is COc1cccc(SCC(CCCc2ccccc2)C(=O)O)c1. The van der Waals surface area contributed by atoms with Gasteiger partial charge in [0.05, 0.1) is 13.0 Å². The first-order valence-corrected chi connectivity index (χ1v) is 8.71. The highest BCUT2D eigenvalue weighted by molar-refractivity contribution is 7.99. The summed E-state index contributed by atoms with van der Waals surface area (Å²) in [6.45, 7) is 0. The number of aryl methyl sites for hydroxylation is 1. The van der Waals surface area contributed by atoms with Crippen molar-refractivity contribution in [2.75, 3.05) is 12.9 Å². The molecule has 0 aliphatic carbocycles. The van der Waals surface area contributed by atoms with Crippen molar-refractivity contribution in [1.29, 1.82) is 0 Å². The van der Waals surface area contributed by atoms with Crippen molar-refractivity contribution in [3.8, 4) is 5.75 Å². The number of carbonyl (C=O) groups is 1. The topological polar surface area (TPSA) is 46.5 Å². The van der Waals surface area contributed by atoms with Gasteiger partial charge < -0.3 is 9.84 Å². The fourth-order valence-corrected chi connectivity index (χ4v) is 3.44. The highest BCUT2D eigenvalue weighted by atomic mass is 32.2. The summed E-state index contributed by atoms with van der Waals surface area (Å²) in [5.41, 5.74) is 1.26. The molecular formula is C19H22O3S. The lowest BCUT2D eigenvalue weighted by molar-refractivity contribution is -0.141. The normalized spacial score (nSPS) is 11.9. The van der Waals surface area contributed by atoms with Crippen LogP contribution in [0.2, 0.25) is 0 Å². The van der Waals surface area contributed by atoms with E-state index in [-0.39, 0.29) is 5.92 Å². The van der Waals surface area contributed by atoms with E-state index in [0.29, 0.717) is 12.2 Å². The number of carboxylic acids is 1. The van der Waals surface area contributed by atoms with Crippen LogP contribution in [-0.2, 0) is 11.2 Å². The lowest BCUT2D eigenvalue weighted by atomic mass is 10.0. The van der Waals surface area contributed by atoms with E-state index in [0.717, 1.165) is 23.5 Å². The summed E-state index contributed by atoms with van der Waals surface area (Å²) in [5, 5.41) is 9.41. The maximum atomic E-state index is 11.4. The van der Waals surface area contributed by atoms with Crippen molar-refractivity contribution in [3.63, 3.8) is 0 Å². The number of methoxy groups -OCH3 is 1. The van der Waals surface area contributed by atoms with Crippen LogP contribution in [0.4, 0.5) is 0 Å². The first-order valence-electron chi connectivity index (χ1n) is 7.72. The van der Waals surface area contributed by atoms with E-state index in [1.807, 2.05) is 42.5 Å². The van der Waals surface area contributed by atoms with Crippen LogP contribution in [0.3, 0.4) is 0 Å². The molecular weight excluding hydrogens is 308 g/mol. The molecule has 1 atom stereocenters. The molecule has 0 radical (unpaired) electrons. The fraction of sp³-hybridized carbons (Fsp3) is 0.316. The molecule has 23 heavy (non-hydrogen) atoms. The van der Waals surface area contributed by atoms with E-state index < -0.39 is 5.97 Å². The number of benzene rings is 2. The number of carboxylic acid groups (broad SMARTS) is 1. The first-order chi connectivity index (χ1) is 11.2. The molecule has 0 fully saturated rings. The van der Waals surface area contributed by atoms with Gasteiger partial charge in [-0.25, -0.2) is 0 Å². The number of hydrogen-bond donors (Lipinski definition) is 1. The maximum absolute atomic E-state index is 11.4. The van der Waals surface area contributed by atoms with Gasteiger partial charge in [0.15, 0.2) is 0 Å². The fourth-order valence-electron chi connectivity index (χ4n) is 2.36. The van der Waals surface area contributed by atoms with Gasteiger partial charge in [-0.05, 0) is 43.0 Å². The largest absolute Gasteiger partial charge is 0.497 e. The third-order valence-electron chi connectivity index (χ3n) is 3.70. The Hall–Kier alpha value is -1.94. The minimum absolute atomic E-state index is 0.324. The molecule has 122 valence electrons. The van der Waals surface area contributed by atoms with E-state index >= 15 is 0 Å². The summed E-state index contributed by atoms with van der Waals surface area (Å²) in [7, 11) is 1.63. The van der Waals surface area contributed by atoms with Crippen LogP contribution < -0.4 is 4.74 Å². The second kappa shape index (κ2) is 9.26. The van der Waals surface area contributed by atoms with Crippen LogP contribution in [0.5, 0.6) is 5.75 Å². The summed E-state index contributed by atoms with van der Waals surface area (Å²) in [5.74, 6) is 0.339. The minimum atomic E-state index is -0.714. The van der Waals surface area contributed by atoms with E-state index in [2.05, 4.69) is 12.1 Å². The Morgan fingerprint density at radius 2 is 1.96 bits per heavy atom. The van der Waals surface area contributed by atoms with E-state index in [9.17, 15) is 9.90 Å². The van der Waals surface area contributed by atoms with Gasteiger partial charge >= 0.3 is 5.97 Å². The number of ether oxygens (including phenoxy) is 1. The second-order valence-electron chi connectivity index (χ2n) is 5.40. The Labute approximate surface area is 141 Å². The predicted octanol–water partition coefficient (Wildman–Crippen LogP) is 4.51. The van der Waals surface area contributed by atoms with Crippen molar-refractivity contribution in [1.82, 2.24) is 0 Å². The van der Waals surface area contributed by atoms with Gasteiger partial charge in [-0.15, -0.1) is 11.8 Å². The molecule has 2 rings (SSSR count). The maximum Gasteiger partial charge on any atom is 0.307 e. The molecule has 2 aromatic rings. The molecule has 0 amide bonds. The van der Waals surface area contributed by atoms with Gasteiger partial charge in [0, 0.05) is 10.6 Å². The molecule has 0 saturated heterocycles. The molecule has 1 N–H and O–H groups in total. The molecule has 2 aromatic carbocycles. The molecule has 0 spiro atoms. The highest BCUT2D eigenvalue weighted by Crippen LogP contribution is 2.26. The minimum Gasteiger partial charge on any atom is -0.497 e. The van der Waals surface area contributed by atoms with Crippen molar-refractivity contribution in [2.24, 2.45) is 5.92 Å². The smallest absolute Gasteiger partial charge is 0.307 e. The third-order valence-corrected chi connectivity index (χ3v) is 4.86. The van der Waals surface area contributed by atoms with Crippen molar-refractivity contribution in [3.05, 3.63) is 60.2 Å². The molecule has 1 unspecified atom stereocenters. The van der Waals surface area contributed by atoms with Crippen molar-refractivity contribution < 1.29 is 14.6 Å². The summed E-state index contributed by atoms with van der Waals surface area (Å²) in [6, 6.07) is 17.9. The van der Waals surface area contributed by atoms with Gasteiger partial charge in [-0.2, -0.15) is 0 Å². The van der Waals surface area contributed by atoms with Crippen LogP contribution in [-0.4, -0.2) is 23.9 Å². The van der Waals surface area contributed by atoms with E-state index in [4.69, 9.17) is 4.74 Å². The quantitative estimate of drug-likeness (QED) is 0.687. The summed E-state index contributed by atoms with van der Waals surface area (Å²) < 4.78 is 5.19. The van der Waals surface area contributed by atoms with E-state index in [1.54, 1.807) is 18.9 Å². The Morgan fingerprint density at radius 3 is 2.65 bits per heavy atom. The lowest BCUT2D eigenvalue weighted by Gasteiger charge is -2.12. The zero-order valence-electron chi connectivity index (χ0n) is 13.3. The average molecular weight is 330 g/mol. The van der Waals surface area contributed by atoms with Crippen LogP contribution in [0, 0.1) is 5.92 Å². The Morgan fingerprint density at radius 1 is 1.17 bits per heavy atom. The Balaban J connectivity index is 1.82. The van der Waals surface area contributed by atoms with Gasteiger partial charge in [0.25, 0.3) is 0 Å². The Bertz CT molecular complexity index is 613. The molecule has 0 saturated carbocycles.